The molecule has 3 heteroatoms. The van der Waals surface area contributed by atoms with Crippen LogP contribution in [0.4, 0.5) is 0 Å². The van der Waals surface area contributed by atoms with Gasteiger partial charge in [0.2, 0.25) is 5.89 Å². The van der Waals surface area contributed by atoms with Gasteiger partial charge in [0.25, 0.3) is 0 Å². The van der Waals surface area contributed by atoms with Gasteiger partial charge in [-0.3, -0.25) is 4.90 Å². The second-order valence-electron chi connectivity index (χ2n) is 6.60. The summed E-state index contributed by atoms with van der Waals surface area (Å²) in [6, 6.07) is 8.22. The molecule has 1 aromatic carbocycles. The van der Waals surface area contributed by atoms with E-state index >= 15 is 0 Å². The lowest BCUT2D eigenvalue weighted by molar-refractivity contribution is 0.133. The molecule has 1 aliphatic rings. The maximum Gasteiger partial charge on any atom is 0.226 e. The van der Waals surface area contributed by atoms with Crippen LogP contribution in [-0.4, -0.2) is 23.0 Å². The van der Waals surface area contributed by atoms with E-state index in [0.29, 0.717) is 0 Å². The Morgan fingerprint density at radius 3 is 2.62 bits per heavy atom. The van der Waals surface area contributed by atoms with E-state index in [2.05, 4.69) is 42.8 Å². The van der Waals surface area contributed by atoms with E-state index in [1.165, 1.54) is 12.0 Å². The minimum atomic E-state index is 0.737. The number of oxazole rings is 1. The van der Waals surface area contributed by atoms with Gasteiger partial charge in [-0.05, 0) is 36.8 Å². The van der Waals surface area contributed by atoms with Crippen molar-refractivity contribution in [3.05, 3.63) is 41.8 Å². The molecule has 0 bridgehead atoms. The molecule has 1 fully saturated rings. The summed E-state index contributed by atoms with van der Waals surface area (Å²) in [6.07, 6.45) is 3.15. The second-order valence-corrected chi connectivity index (χ2v) is 6.60. The first-order valence-electron chi connectivity index (χ1n) is 7.84. The number of benzene rings is 1. The molecule has 0 N–H and O–H groups in total. The highest BCUT2D eigenvalue weighted by atomic mass is 16.3. The first kappa shape index (κ1) is 14.3. The Morgan fingerprint density at radius 2 is 1.90 bits per heavy atom. The van der Waals surface area contributed by atoms with Crippen molar-refractivity contribution in [3.63, 3.8) is 0 Å². The van der Waals surface area contributed by atoms with E-state index < -0.39 is 0 Å². The third-order valence-electron chi connectivity index (χ3n) is 4.26. The number of aromatic nitrogens is 1. The molecular formula is C18H24N2O. The summed E-state index contributed by atoms with van der Waals surface area (Å²) in [5.41, 5.74) is 3.32. The highest BCUT2D eigenvalue weighted by molar-refractivity contribution is 5.58. The molecule has 112 valence electrons. The van der Waals surface area contributed by atoms with Gasteiger partial charge in [0.1, 0.15) is 6.26 Å². The minimum Gasteiger partial charge on any atom is -0.444 e. The molecule has 3 rings (SSSR count). The number of hydrogen-bond donors (Lipinski definition) is 0. The number of rotatable bonds is 3. The SMILES string of the molecule is Cc1ccccc1-c1nc(CN2CC(C)CC(C)C2)co1. The maximum atomic E-state index is 5.69. The standard InChI is InChI=1S/C18H24N2O/c1-13-8-14(2)10-20(9-13)11-16-12-21-18(19-16)17-7-5-4-6-15(17)3/h4-7,12-14H,8-11H2,1-3H3. The van der Waals surface area contributed by atoms with Crippen molar-refractivity contribution in [1.82, 2.24) is 9.88 Å². The van der Waals surface area contributed by atoms with Crippen LogP contribution in [0.15, 0.2) is 34.9 Å². The van der Waals surface area contributed by atoms with E-state index in [1.54, 1.807) is 0 Å². The molecule has 1 saturated heterocycles. The van der Waals surface area contributed by atoms with Gasteiger partial charge in [-0.15, -0.1) is 0 Å². The summed E-state index contributed by atoms with van der Waals surface area (Å²) in [5, 5.41) is 0. The monoisotopic (exact) mass is 284 g/mol. The highest BCUT2D eigenvalue weighted by Gasteiger charge is 2.22. The molecule has 1 aromatic heterocycles. The van der Waals surface area contributed by atoms with Crippen LogP contribution in [0.25, 0.3) is 11.5 Å². The fraction of sp³-hybridized carbons (Fsp3) is 0.500. The zero-order valence-electron chi connectivity index (χ0n) is 13.2. The molecule has 3 nitrogen and oxygen atoms in total. The summed E-state index contributed by atoms with van der Waals surface area (Å²) in [6.45, 7) is 9.99. The van der Waals surface area contributed by atoms with Gasteiger partial charge >= 0.3 is 0 Å². The van der Waals surface area contributed by atoms with Crippen LogP contribution in [0.2, 0.25) is 0 Å². The zero-order valence-corrected chi connectivity index (χ0v) is 13.2. The number of nitrogens with zero attached hydrogens (tertiary/aromatic N) is 2. The third-order valence-corrected chi connectivity index (χ3v) is 4.26. The highest BCUT2D eigenvalue weighted by Crippen LogP contribution is 2.25. The fourth-order valence-corrected chi connectivity index (χ4v) is 3.47. The lowest BCUT2D eigenvalue weighted by Crippen LogP contribution is -2.38. The summed E-state index contributed by atoms with van der Waals surface area (Å²) in [4.78, 5) is 7.18. The first-order valence-corrected chi connectivity index (χ1v) is 7.84. The quantitative estimate of drug-likeness (QED) is 0.848. The Bertz CT molecular complexity index is 595. The Balaban J connectivity index is 1.72. The van der Waals surface area contributed by atoms with Gasteiger partial charge in [0.15, 0.2) is 0 Å². The molecule has 2 unspecified atom stereocenters. The van der Waals surface area contributed by atoms with Crippen LogP contribution in [0.1, 0.15) is 31.5 Å². The molecule has 0 radical (unpaired) electrons. The van der Waals surface area contributed by atoms with Gasteiger partial charge in [0, 0.05) is 25.2 Å². The number of hydrogen-bond acceptors (Lipinski definition) is 3. The first-order chi connectivity index (χ1) is 10.1. The average molecular weight is 284 g/mol. The normalized spacial score (nSPS) is 23.4. The maximum absolute atomic E-state index is 5.69. The molecule has 2 atom stereocenters. The van der Waals surface area contributed by atoms with Crippen LogP contribution >= 0.6 is 0 Å². The van der Waals surface area contributed by atoms with E-state index in [4.69, 9.17) is 4.42 Å². The van der Waals surface area contributed by atoms with Crippen molar-refractivity contribution in [3.8, 4) is 11.5 Å². The second kappa shape index (κ2) is 6.02. The van der Waals surface area contributed by atoms with Crippen molar-refractivity contribution in [2.75, 3.05) is 13.1 Å². The Hall–Kier alpha value is -1.61. The lowest BCUT2D eigenvalue weighted by Gasteiger charge is -2.34. The zero-order chi connectivity index (χ0) is 14.8. The van der Waals surface area contributed by atoms with E-state index in [0.717, 1.165) is 48.6 Å². The fourth-order valence-electron chi connectivity index (χ4n) is 3.47. The largest absolute Gasteiger partial charge is 0.444 e. The third kappa shape index (κ3) is 3.35. The summed E-state index contributed by atoms with van der Waals surface area (Å²) >= 11 is 0. The van der Waals surface area contributed by atoms with Gasteiger partial charge in [-0.25, -0.2) is 4.98 Å². The Labute approximate surface area is 127 Å². The van der Waals surface area contributed by atoms with Crippen molar-refractivity contribution < 1.29 is 4.42 Å². The van der Waals surface area contributed by atoms with Crippen molar-refractivity contribution in [2.45, 2.75) is 33.7 Å². The lowest BCUT2D eigenvalue weighted by atomic mass is 9.92. The van der Waals surface area contributed by atoms with Crippen molar-refractivity contribution in [2.24, 2.45) is 11.8 Å². The smallest absolute Gasteiger partial charge is 0.226 e. The molecule has 1 aliphatic heterocycles. The van der Waals surface area contributed by atoms with Gasteiger partial charge < -0.3 is 4.42 Å². The van der Waals surface area contributed by atoms with Crippen LogP contribution < -0.4 is 0 Å². The summed E-state index contributed by atoms with van der Waals surface area (Å²) in [5.74, 6) is 2.29. The van der Waals surface area contributed by atoms with Gasteiger partial charge in [0.05, 0.1) is 5.69 Å². The molecule has 0 saturated carbocycles. The molecule has 2 aromatic rings. The van der Waals surface area contributed by atoms with Crippen LogP contribution in [-0.2, 0) is 6.54 Å². The molecule has 21 heavy (non-hydrogen) atoms. The summed E-state index contributed by atoms with van der Waals surface area (Å²) in [7, 11) is 0. The van der Waals surface area contributed by atoms with Crippen molar-refractivity contribution >= 4 is 0 Å². The molecule has 0 aliphatic carbocycles. The number of piperidine rings is 1. The van der Waals surface area contributed by atoms with Crippen LogP contribution in [0, 0.1) is 18.8 Å². The number of likely N-dealkylation sites (tertiary alicyclic amines) is 1. The Kier molecular flexibility index (Phi) is 4.11. The van der Waals surface area contributed by atoms with Gasteiger partial charge in [-0.2, -0.15) is 0 Å². The molecular weight excluding hydrogens is 260 g/mol. The van der Waals surface area contributed by atoms with E-state index in [-0.39, 0.29) is 0 Å². The van der Waals surface area contributed by atoms with Crippen LogP contribution in [0.5, 0.6) is 0 Å². The van der Waals surface area contributed by atoms with Crippen LogP contribution in [0.3, 0.4) is 0 Å². The topological polar surface area (TPSA) is 29.3 Å². The summed E-state index contributed by atoms with van der Waals surface area (Å²) < 4.78 is 5.69. The Morgan fingerprint density at radius 1 is 1.19 bits per heavy atom. The minimum absolute atomic E-state index is 0.737. The molecule has 0 spiro atoms. The van der Waals surface area contributed by atoms with Gasteiger partial charge in [-0.1, -0.05) is 32.0 Å². The molecule has 0 amide bonds. The van der Waals surface area contributed by atoms with Crippen molar-refractivity contribution in [1.29, 1.82) is 0 Å². The average Bonchev–Trinajstić information content (AvgIpc) is 2.86. The number of aryl methyl sites for hydroxylation is 1. The van der Waals surface area contributed by atoms with E-state index in [1.807, 2.05) is 18.4 Å². The predicted octanol–water partition coefficient (Wildman–Crippen LogP) is 4.13. The predicted molar refractivity (Wildman–Crippen MR) is 84.9 cm³/mol. The molecule has 2 heterocycles. The van der Waals surface area contributed by atoms with E-state index in [9.17, 15) is 0 Å².